The fourth-order valence-electron chi connectivity index (χ4n) is 2.21. The van der Waals surface area contributed by atoms with Gasteiger partial charge in [0.25, 0.3) is 0 Å². The summed E-state index contributed by atoms with van der Waals surface area (Å²) in [4.78, 5) is 0. The third-order valence-electron chi connectivity index (χ3n) is 3.26. The molecule has 4 N–H and O–H groups in total. The molecule has 1 aromatic carbocycles. The number of halogens is 2. The maximum absolute atomic E-state index is 6.33. The lowest BCUT2D eigenvalue weighted by Crippen LogP contribution is -2.28. The van der Waals surface area contributed by atoms with E-state index in [2.05, 4.69) is 31.9 Å². The van der Waals surface area contributed by atoms with Crippen molar-refractivity contribution in [3.05, 3.63) is 26.6 Å². The second-order valence-corrected chi connectivity index (χ2v) is 6.14. The summed E-state index contributed by atoms with van der Waals surface area (Å²) in [5, 5.41) is 0. The first-order valence-electron chi connectivity index (χ1n) is 5.67. The van der Waals surface area contributed by atoms with Crippen molar-refractivity contribution >= 4 is 37.5 Å². The van der Waals surface area contributed by atoms with Gasteiger partial charge in [0.2, 0.25) is 0 Å². The maximum Gasteiger partial charge on any atom is 0.0507 e. The minimum atomic E-state index is -0.0206. The van der Waals surface area contributed by atoms with Gasteiger partial charge in [-0.25, -0.2) is 0 Å². The third-order valence-corrected chi connectivity index (χ3v) is 4.37. The molecule has 1 aromatic rings. The summed E-state index contributed by atoms with van der Waals surface area (Å²) in [6.07, 6.45) is 2.01. The summed E-state index contributed by atoms with van der Waals surface area (Å²) in [7, 11) is 0. The Morgan fingerprint density at radius 1 is 1.24 bits per heavy atom. The van der Waals surface area contributed by atoms with E-state index in [1.54, 1.807) is 0 Å². The van der Waals surface area contributed by atoms with Crippen molar-refractivity contribution in [3.63, 3.8) is 0 Å². The van der Waals surface area contributed by atoms with Gasteiger partial charge < -0.3 is 16.2 Å². The number of nitrogens with two attached hydrogens (primary N) is 2. The van der Waals surface area contributed by atoms with E-state index in [4.69, 9.17) is 16.2 Å². The van der Waals surface area contributed by atoms with E-state index in [0.29, 0.717) is 5.92 Å². The highest BCUT2D eigenvalue weighted by Crippen LogP contribution is 2.36. The van der Waals surface area contributed by atoms with Gasteiger partial charge in [0.1, 0.15) is 0 Å². The first kappa shape index (κ1) is 13.3. The molecule has 3 nitrogen and oxygen atoms in total. The van der Waals surface area contributed by atoms with Crippen LogP contribution in [0.2, 0.25) is 0 Å². The quantitative estimate of drug-likeness (QED) is 0.793. The molecule has 0 amide bonds. The smallest absolute Gasteiger partial charge is 0.0507 e. The van der Waals surface area contributed by atoms with Gasteiger partial charge in [0.05, 0.1) is 5.69 Å². The Hall–Kier alpha value is -0.100. The summed E-state index contributed by atoms with van der Waals surface area (Å²) in [5.74, 6) is 0.451. The summed E-state index contributed by atoms with van der Waals surface area (Å²) in [6.45, 7) is 1.60. The summed E-state index contributed by atoms with van der Waals surface area (Å²) in [5.41, 5.74) is 14.2. The predicted octanol–water partition coefficient (Wildman–Crippen LogP) is 3.22. The van der Waals surface area contributed by atoms with Crippen LogP contribution in [0.15, 0.2) is 21.1 Å². The molecule has 17 heavy (non-hydrogen) atoms. The standard InChI is InChI=1S/C12H16Br2N2O/c13-8-5-9(12(16)10(14)6-8)11(15)7-1-3-17-4-2-7/h5-7,11H,1-4,15-16H2/t11-/m1/s1. The number of anilines is 1. The molecule has 94 valence electrons. The van der Waals surface area contributed by atoms with Crippen LogP contribution in [0.4, 0.5) is 5.69 Å². The van der Waals surface area contributed by atoms with Crippen molar-refractivity contribution in [2.24, 2.45) is 11.7 Å². The average molecular weight is 364 g/mol. The molecule has 0 radical (unpaired) electrons. The van der Waals surface area contributed by atoms with Crippen LogP contribution in [-0.2, 0) is 4.74 Å². The van der Waals surface area contributed by atoms with Crippen molar-refractivity contribution in [2.45, 2.75) is 18.9 Å². The molecule has 0 bridgehead atoms. The number of benzene rings is 1. The molecule has 0 aromatic heterocycles. The van der Waals surface area contributed by atoms with Gasteiger partial charge in [0.15, 0.2) is 0 Å². The van der Waals surface area contributed by atoms with Crippen molar-refractivity contribution < 1.29 is 4.74 Å². The zero-order valence-electron chi connectivity index (χ0n) is 9.46. The minimum absolute atomic E-state index is 0.0206. The number of hydrogen-bond donors (Lipinski definition) is 2. The van der Waals surface area contributed by atoms with Crippen molar-refractivity contribution in [3.8, 4) is 0 Å². The molecule has 1 fully saturated rings. The van der Waals surface area contributed by atoms with Crippen LogP contribution in [0.25, 0.3) is 0 Å². The van der Waals surface area contributed by atoms with Gasteiger partial charge in [-0.3, -0.25) is 0 Å². The monoisotopic (exact) mass is 362 g/mol. The largest absolute Gasteiger partial charge is 0.398 e. The van der Waals surface area contributed by atoms with Crippen LogP contribution < -0.4 is 11.5 Å². The Balaban J connectivity index is 2.26. The molecule has 1 atom stereocenters. The van der Waals surface area contributed by atoms with E-state index in [1.165, 1.54) is 0 Å². The fraction of sp³-hybridized carbons (Fsp3) is 0.500. The molecule has 1 aliphatic heterocycles. The molecule has 0 unspecified atom stereocenters. The number of ether oxygens (including phenoxy) is 1. The van der Waals surface area contributed by atoms with Crippen LogP contribution >= 0.6 is 31.9 Å². The van der Waals surface area contributed by atoms with E-state index in [0.717, 1.165) is 46.3 Å². The predicted molar refractivity (Wildman–Crippen MR) is 76.7 cm³/mol. The highest BCUT2D eigenvalue weighted by molar-refractivity contribution is 9.11. The van der Waals surface area contributed by atoms with Gasteiger partial charge in [-0.05, 0) is 52.4 Å². The Kier molecular flexibility index (Phi) is 4.47. The molecule has 5 heteroatoms. The van der Waals surface area contributed by atoms with Crippen molar-refractivity contribution in [2.75, 3.05) is 18.9 Å². The number of nitrogen functional groups attached to an aromatic ring is 1. The molecule has 0 spiro atoms. The van der Waals surface area contributed by atoms with Crippen LogP contribution in [0.1, 0.15) is 24.4 Å². The number of hydrogen-bond acceptors (Lipinski definition) is 3. The zero-order chi connectivity index (χ0) is 12.4. The minimum Gasteiger partial charge on any atom is -0.398 e. The molecule has 1 saturated heterocycles. The van der Waals surface area contributed by atoms with Gasteiger partial charge in [0, 0.05) is 28.2 Å². The van der Waals surface area contributed by atoms with Crippen molar-refractivity contribution in [1.82, 2.24) is 0 Å². The first-order valence-corrected chi connectivity index (χ1v) is 7.26. The highest BCUT2D eigenvalue weighted by Gasteiger charge is 2.24. The van der Waals surface area contributed by atoms with E-state index >= 15 is 0 Å². The molecule has 2 rings (SSSR count). The van der Waals surface area contributed by atoms with Crippen LogP contribution in [-0.4, -0.2) is 13.2 Å². The van der Waals surface area contributed by atoms with E-state index in [9.17, 15) is 0 Å². The van der Waals surface area contributed by atoms with Gasteiger partial charge >= 0.3 is 0 Å². The third kappa shape index (κ3) is 3.02. The summed E-state index contributed by atoms with van der Waals surface area (Å²) in [6, 6.07) is 3.93. The lowest BCUT2D eigenvalue weighted by atomic mass is 9.87. The second-order valence-electron chi connectivity index (χ2n) is 4.37. The zero-order valence-corrected chi connectivity index (χ0v) is 12.6. The molecular formula is C12H16Br2N2O. The topological polar surface area (TPSA) is 61.3 Å². The van der Waals surface area contributed by atoms with Crippen LogP contribution in [0.3, 0.4) is 0 Å². The first-order chi connectivity index (χ1) is 8.09. The van der Waals surface area contributed by atoms with E-state index in [1.807, 2.05) is 12.1 Å². The lowest BCUT2D eigenvalue weighted by molar-refractivity contribution is 0.0584. The van der Waals surface area contributed by atoms with Crippen molar-refractivity contribution in [1.29, 1.82) is 0 Å². The molecular weight excluding hydrogens is 348 g/mol. The van der Waals surface area contributed by atoms with Gasteiger partial charge in [-0.1, -0.05) is 15.9 Å². The van der Waals surface area contributed by atoms with Gasteiger partial charge in [-0.2, -0.15) is 0 Å². The molecule has 1 heterocycles. The maximum atomic E-state index is 6.33. The Bertz CT molecular complexity index is 406. The molecule has 1 aliphatic rings. The Labute approximate surface area is 118 Å². The second kappa shape index (κ2) is 5.69. The number of rotatable bonds is 2. The van der Waals surface area contributed by atoms with E-state index in [-0.39, 0.29) is 6.04 Å². The summed E-state index contributed by atoms with van der Waals surface area (Å²) >= 11 is 6.93. The fourth-order valence-corrected chi connectivity index (χ4v) is 3.47. The Morgan fingerprint density at radius 2 is 1.88 bits per heavy atom. The Morgan fingerprint density at radius 3 is 2.53 bits per heavy atom. The normalized spacial score (nSPS) is 19.2. The van der Waals surface area contributed by atoms with E-state index < -0.39 is 0 Å². The summed E-state index contributed by atoms with van der Waals surface area (Å²) < 4.78 is 7.25. The lowest BCUT2D eigenvalue weighted by Gasteiger charge is -2.29. The molecule has 0 saturated carbocycles. The molecule has 0 aliphatic carbocycles. The SMILES string of the molecule is Nc1c(Br)cc(Br)cc1[C@H](N)C1CCOCC1. The van der Waals surface area contributed by atoms with Crippen LogP contribution in [0.5, 0.6) is 0 Å². The average Bonchev–Trinajstić information content (AvgIpc) is 2.34. The van der Waals surface area contributed by atoms with Crippen LogP contribution in [0, 0.1) is 5.92 Å². The highest BCUT2D eigenvalue weighted by atomic mass is 79.9. The van der Waals surface area contributed by atoms with Gasteiger partial charge in [-0.15, -0.1) is 0 Å².